The molecule has 1 aliphatic rings. The number of pyridine rings is 1. The van der Waals surface area contributed by atoms with Crippen LogP contribution in [0.25, 0.3) is 0 Å². The molecule has 0 amide bonds. The predicted octanol–water partition coefficient (Wildman–Crippen LogP) is 2.43. The molecule has 0 aliphatic carbocycles. The van der Waals surface area contributed by atoms with Crippen LogP contribution in [-0.2, 0) is 5.75 Å². The topological polar surface area (TPSA) is 81.2 Å². The summed E-state index contributed by atoms with van der Waals surface area (Å²) in [5.74, 6) is 2.36. The minimum absolute atomic E-state index is 0.0128. The Bertz CT molecular complexity index is 676. The van der Waals surface area contributed by atoms with E-state index in [1.54, 1.807) is 18.0 Å². The molecule has 0 radical (unpaired) electrons. The van der Waals surface area contributed by atoms with Gasteiger partial charge in [-0.05, 0) is 35.9 Å². The van der Waals surface area contributed by atoms with E-state index in [1.165, 1.54) is 0 Å². The Balaban J connectivity index is 1.70. The number of amidine groups is 1. The summed E-state index contributed by atoms with van der Waals surface area (Å²) < 4.78 is 11.1. The number of ether oxygens (including phenoxy) is 2. The van der Waals surface area contributed by atoms with Crippen molar-refractivity contribution in [2.24, 2.45) is 5.73 Å². The Hall–Kier alpha value is -2.21. The van der Waals surface area contributed by atoms with Crippen LogP contribution in [0.3, 0.4) is 0 Å². The lowest BCUT2D eigenvalue weighted by Crippen LogP contribution is -2.15. The maximum Gasteiger partial charge on any atom is 0.162 e. The van der Waals surface area contributed by atoms with Crippen LogP contribution in [0.5, 0.6) is 11.5 Å². The van der Waals surface area contributed by atoms with E-state index in [-0.39, 0.29) is 5.84 Å². The highest BCUT2D eigenvalue weighted by atomic mass is 32.2. The Morgan fingerprint density at radius 1 is 1.19 bits per heavy atom. The molecule has 1 aromatic carbocycles. The number of nitrogens with zero attached hydrogens (tertiary/aromatic N) is 1. The van der Waals surface area contributed by atoms with Gasteiger partial charge >= 0.3 is 0 Å². The van der Waals surface area contributed by atoms with E-state index < -0.39 is 0 Å². The summed E-state index contributed by atoms with van der Waals surface area (Å²) in [4.78, 5) is 5.17. The second kappa shape index (κ2) is 6.05. The zero-order valence-electron chi connectivity index (χ0n) is 11.3. The van der Waals surface area contributed by atoms with Crippen molar-refractivity contribution < 1.29 is 9.47 Å². The molecule has 0 bridgehead atoms. The summed E-state index contributed by atoms with van der Waals surface area (Å²) in [6.07, 6.45) is 1.68. The van der Waals surface area contributed by atoms with Gasteiger partial charge in [0, 0.05) is 16.8 Å². The van der Waals surface area contributed by atoms with Gasteiger partial charge in [0.05, 0.1) is 0 Å². The molecule has 21 heavy (non-hydrogen) atoms. The summed E-state index contributed by atoms with van der Waals surface area (Å²) in [5, 5.41) is 7.41. The molecule has 6 heteroatoms. The second-order valence-electron chi connectivity index (χ2n) is 4.56. The van der Waals surface area contributed by atoms with Crippen molar-refractivity contribution in [1.29, 1.82) is 5.41 Å². The molecule has 0 saturated heterocycles. The molecular formula is C15H15N3O2S. The molecule has 0 fully saturated rings. The van der Waals surface area contributed by atoms with Crippen LogP contribution in [0.4, 0.5) is 0 Å². The maximum absolute atomic E-state index is 7.41. The van der Waals surface area contributed by atoms with Crippen molar-refractivity contribution in [1.82, 2.24) is 4.98 Å². The van der Waals surface area contributed by atoms with Gasteiger partial charge in [-0.15, -0.1) is 11.8 Å². The van der Waals surface area contributed by atoms with Crippen LogP contribution in [0.1, 0.15) is 11.3 Å². The standard InChI is InChI=1S/C15H15N3O2S/c16-15(17)12-7-10(3-4-18-12)9-21-11-1-2-13-14(8-11)20-6-5-19-13/h1-4,7-8H,5-6,9H2,(H3,16,17). The first-order chi connectivity index (χ1) is 10.2. The fraction of sp³-hybridized carbons (Fsp3) is 0.200. The van der Waals surface area contributed by atoms with Gasteiger partial charge in [0.15, 0.2) is 11.5 Å². The highest BCUT2D eigenvalue weighted by Crippen LogP contribution is 2.35. The lowest BCUT2D eigenvalue weighted by Gasteiger charge is -2.18. The minimum Gasteiger partial charge on any atom is -0.486 e. The molecule has 0 saturated carbocycles. The first-order valence-corrected chi connectivity index (χ1v) is 7.53. The molecule has 3 rings (SSSR count). The third-order valence-corrected chi connectivity index (χ3v) is 4.08. The highest BCUT2D eigenvalue weighted by molar-refractivity contribution is 7.98. The molecular weight excluding hydrogens is 286 g/mol. The fourth-order valence-corrected chi connectivity index (χ4v) is 2.86. The molecule has 1 aromatic heterocycles. The third kappa shape index (κ3) is 3.28. The van der Waals surface area contributed by atoms with Crippen molar-refractivity contribution in [3.8, 4) is 11.5 Å². The summed E-state index contributed by atoms with van der Waals surface area (Å²) in [7, 11) is 0. The first-order valence-electron chi connectivity index (χ1n) is 6.54. The van der Waals surface area contributed by atoms with Crippen LogP contribution in [0.15, 0.2) is 41.4 Å². The molecule has 1 aliphatic heterocycles. The molecule has 5 nitrogen and oxygen atoms in total. The molecule has 2 aromatic rings. The van der Waals surface area contributed by atoms with E-state index >= 15 is 0 Å². The van der Waals surface area contributed by atoms with E-state index in [9.17, 15) is 0 Å². The monoisotopic (exact) mass is 301 g/mol. The summed E-state index contributed by atoms with van der Waals surface area (Å²) in [6.45, 7) is 1.19. The lowest BCUT2D eigenvalue weighted by molar-refractivity contribution is 0.171. The van der Waals surface area contributed by atoms with Crippen LogP contribution < -0.4 is 15.2 Å². The zero-order valence-corrected chi connectivity index (χ0v) is 12.2. The fourth-order valence-electron chi connectivity index (χ4n) is 1.99. The van der Waals surface area contributed by atoms with E-state index in [4.69, 9.17) is 20.6 Å². The van der Waals surface area contributed by atoms with E-state index in [2.05, 4.69) is 4.98 Å². The van der Waals surface area contributed by atoms with E-state index in [0.717, 1.165) is 27.7 Å². The first kappa shape index (κ1) is 13.8. The molecule has 0 unspecified atom stereocenters. The number of rotatable bonds is 4. The van der Waals surface area contributed by atoms with Gasteiger partial charge in [-0.25, -0.2) is 0 Å². The average molecular weight is 301 g/mol. The second-order valence-corrected chi connectivity index (χ2v) is 5.61. The number of thioether (sulfide) groups is 1. The number of nitrogens with one attached hydrogen (secondary N) is 1. The number of nitrogens with two attached hydrogens (primary N) is 1. The van der Waals surface area contributed by atoms with Gasteiger partial charge in [0.25, 0.3) is 0 Å². The third-order valence-electron chi connectivity index (χ3n) is 3.02. The smallest absolute Gasteiger partial charge is 0.162 e. The van der Waals surface area contributed by atoms with Gasteiger partial charge < -0.3 is 15.2 Å². The van der Waals surface area contributed by atoms with Gasteiger partial charge in [0.2, 0.25) is 0 Å². The van der Waals surface area contributed by atoms with E-state index in [1.807, 2.05) is 30.3 Å². The quantitative estimate of drug-likeness (QED) is 0.515. The summed E-state index contributed by atoms with van der Waals surface area (Å²) in [5.41, 5.74) is 7.04. The average Bonchev–Trinajstić information content (AvgIpc) is 2.53. The van der Waals surface area contributed by atoms with Crippen molar-refractivity contribution >= 4 is 17.6 Å². The van der Waals surface area contributed by atoms with Crippen molar-refractivity contribution in [2.75, 3.05) is 13.2 Å². The normalized spacial score (nSPS) is 13.0. The van der Waals surface area contributed by atoms with Crippen LogP contribution in [0.2, 0.25) is 0 Å². The molecule has 0 spiro atoms. The van der Waals surface area contributed by atoms with Gasteiger partial charge in [-0.1, -0.05) is 0 Å². The highest BCUT2D eigenvalue weighted by Gasteiger charge is 2.12. The number of hydrogen-bond acceptors (Lipinski definition) is 5. The number of aromatic nitrogens is 1. The van der Waals surface area contributed by atoms with E-state index in [0.29, 0.717) is 18.9 Å². The molecule has 3 N–H and O–H groups in total. The predicted molar refractivity (Wildman–Crippen MR) is 82.2 cm³/mol. The Kier molecular flexibility index (Phi) is 3.96. The van der Waals surface area contributed by atoms with Gasteiger partial charge in [-0.3, -0.25) is 10.4 Å². The molecule has 108 valence electrons. The largest absolute Gasteiger partial charge is 0.486 e. The number of nitrogen functional groups attached to an aromatic ring is 1. The number of hydrogen-bond donors (Lipinski definition) is 2. The molecule has 0 atom stereocenters. The zero-order chi connectivity index (χ0) is 14.7. The Morgan fingerprint density at radius 2 is 2.00 bits per heavy atom. The summed E-state index contributed by atoms with van der Waals surface area (Å²) in [6, 6.07) is 9.71. The lowest BCUT2D eigenvalue weighted by atomic mass is 10.2. The van der Waals surface area contributed by atoms with Gasteiger partial charge in [0.1, 0.15) is 24.7 Å². The molecule has 2 heterocycles. The number of fused-ring (bicyclic) bond motifs is 1. The van der Waals surface area contributed by atoms with Crippen LogP contribution >= 0.6 is 11.8 Å². The maximum atomic E-state index is 7.41. The SMILES string of the molecule is N=C(N)c1cc(CSc2ccc3c(c2)OCCO3)ccn1. The van der Waals surface area contributed by atoms with Gasteiger partial charge in [-0.2, -0.15) is 0 Å². The van der Waals surface area contributed by atoms with Crippen molar-refractivity contribution in [2.45, 2.75) is 10.6 Å². The van der Waals surface area contributed by atoms with Crippen molar-refractivity contribution in [3.05, 3.63) is 47.8 Å². The van der Waals surface area contributed by atoms with Crippen LogP contribution in [-0.4, -0.2) is 24.0 Å². The summed E-state index contributed by atoms with van der Waals surface area (Å²) >= 11 is 1.69. The Labute approximate surface area is 127 Å². The Morgan fingerprint density at radius 3 is 2.81 bits per heavy atom. The number of benzene rings is 1. The van der Waals surface area contributed by atoms with Crippen LogP contribution in [0, 0.1) is 5.41 Å². The van der Waals surface area contributed by atoms with Crippen molar-refractivity contribution in [3.63, 3.8) is 0 Å². The minimum atomic E-state index is -0.0128.